The molecule has 1 aromatic heterocycles. The first kappa shape index (κ1) is 20.4. The number of hydrogen-bond donors (Lipinski definition) is 3. The van der Waals surface area contributed by atoms with Gasteiger partial charge in [0.2, 0.25) is 0 Å². The topological polar surface area (TPSA) is 108 Å². The summed E-state index contributed by atoms with van der Waals surface area (Å²) >= 11 is 0. The number of amides is 1. The van der Waals surface area contributed by atoms with E-state index in [1.807, 2.05) is 6.07 Å². The molecule has 150 valence electrons. The third kappa shape index (κ3) is 4.09. The molecular formula is C20H25N3O4S. The average Bonchev–Trinajstić information content (AvgIpc) is 3.14. The molecule has 2 heterocycles. The van der Waals surface area contributed by atoms with Gasteiger partial charge in [0, 0.05) is 18.8 Å². The normalized spacial score (nSPS) is 17.2. The lowest BCUT2D eigenvalue weighted by molar-refractivity contribution is 0.0915. The van der Waals surface area contributed by atoms with Crippen molar-refractivity contribution in [3.05, 3.63) is 58.9 Å². The van der Waals surface area contributed by atoms with Crippen molar-refractivity contribution in [1.29, 1.82) is 0 Å². The van der Waals surface area contributed by atoms with E-state index in [0.29, 0.717) is 17.7 Å². The zero-order valence-corrected chi connectivity index (χ0v) is 16.8. The fourth-order valence-electron chi connectivity index (χ4n) is 3.32. The Morgan fingerprint density at radius 2 is 2.04 bits per heavy atom. The largest absolute Gasteiger partial charge is 0.394 e. The van der Waals surface area contributed by atoms with Crippen molar-refractivity contribution in [2.75, 3.05) is 12.4 Å². The molecule has 1 aliphatic heterocycles. The van der Waals surface area contributed by atoms with E-state index < -0.39 is 15.9 Å². The minimum atomic E-state index is -3.29. The number of aliphatic hydroxyl groups is 1. The monoisotopic (exact) mass is 403 g/mol. The summed E-state index contributed by atoms with van der Waals surface area (Å²) in [6.07, 6.45) is 2.48. The summed E-state index contributed by atoms with van der Waals surface area (Å²) < 4.78 is 23.8. The van der Waals surface area contributed by atoms with Gasteiger partial charge in [-0.3, -0.25) is 9.78 Å². The Hall–Kier alpha value is -2.29. The van der Waals surface area contributed by atoms with Crippen molar-refractivity contribution in [1.82, 2.24) is 15.6 Å². The molecule has 2 atom stereocenters. The van der Waals surface area contributed by atoms with E-state index in [1.165, 1.54) is 12.1 Å². The lowest BCUT2D eigenvalue weighted by Crippen LogP contribution is -2.31. The van der Waals surface area contributed by atoms with Gasteiger partial charge in [0.05, 0.1) is 34.6 Å². The van der Waals surface area contributed by atoms with Crippen molar-refractivity contribution >= 4 is 15.7 Å². The van der Waals surface area contributed by atoms with Crippen LogP contribution in [0.3, 0.4) is 0 Å². The molecule has 0 spiro atoms. The number of sulfone groups is 1. The standard InChI is InChI=1S/C20H25N3O4S/c1-3-17-19-14(10-21-17)9-15(11-22-19)20(25)23-18(12-24)13-5-7-16(8-6-13)28(26,27)4-2/h5-9,11,17-18,21,24H,3-4,10,12H2,1-2H3,(H,23,25)/t17?,18-/m0/s1. The first-order valence-electron chi connectivity index (χ1n) is 9.36. The molecule has 0 bridgehead atoms. The van der Waals surface area contributed by atoms with Gasteiger partial charge in [0.1, 0.15) is 0 Å². The highest BCUT2D eigenvalue weighted by Crippen LogP contribution is 2.26. The predicted octanol–water partition coefficient (Wildman–Crippen LogP) is 1.89. The molecule has 1 amide bonds. The number of carbonyl (C=O) groups is 1. The number of nitrogens with one attached hydrogen (secondary N) is 2. The molecule has 2 aromatic rings. The van der Waals surface area contributed by atoms with E-state index in [9.17, 15) is 18.3 Å². The maximum atomic E-state index is 12.6. The highest BCUT2D eigenvalue weighted by molar-refractivity contribution is 7.91. The molecule has 1 aliphatic rings. The summed E-state index contributed by atoms with van der Waals surface area (Å²) in [5.41, 5.74) is 3.05. The van der Waals surface area contributed by atoms with Crippen LogP contribution in [0, 0.1) is 0 Å². The van der Waals surface area contributed by atoms with Gasteiger partial charge in [-0.05, 0) is 35.7 Å². The third-order valence-corrected chi connectivity index (χ3v) is 6.80. The molecule has 3 rings (SSSR count). The molecule has 0 fully saturated rings. The minimum Gasteiger partial charge on any atom is -0.394 e. The number of aliphatic hydroxyl groups excluding tert-OH is 1. The Labute approximate surface area is 165 Å². The summed E-state index contributed by atoms with van der Waals surface area (Å²) in [7, 11) is -3.29. The van der Waals surface area contributed by atoms with Gasteiger partial charge in [-0.2, -0.15) is 0 Å². The van der Waals surface area contributed by atoms with E-state index in [4.69, 9.17) is 0 Å². The van der Waals surface area contributed by atoms with Crippen LogP contribution in [0.1, 0.15) is 59.5 Å². The lowest BCUT2D eigenvalue weighted by atomic mass is 10.1. The summed E-state index contributed by atoms with van der Waals surface area (Å²) in [5, 5.41) is 15.9. The first-order chi connectivity index (χ1) is 13.4. The van der Waals surface area contributed by atoms with Crippen molar-refractivity contribution < 1.29 is 18.3 Å². The minimum absolute atomic E-state index is 0.0194. The molecule has 0 radical (unpaired) electrons. The second kappa shape index (κ2) is 8.38. The SMILES string of the molecule is CCC1NCc2cc(C(=O)N[C@@H](CO)c3ccc(S(=O)(=O)CC)cc3)cnc21. The van der Waals surface area contributed by atoms with Gasteiger partial charge in [-0.15, -0.1) is 0 Å². The second-order valence-electron chi connectivity index (χ2n) is 6.79. The first-order valence-corrected chi connectivity index (χ1v) is 11.0. The molecule has 28 heavy (non-hydrogen) atoms. The molecule has 7 nitrogen and oxygen atoms in total. The fourth-order valence-corrected chi connectivity index (χ4v) is 4.20. The van der Waals surface area contributed by atoms with Crippen molar-refractivity contribution in [2.24, 2.45) is 0 Å². The van der Waals surface area contributed by atoms with Crippen LogP contribution < -0.4 is 10.6 Å². The Morgan fingerprint density at radius 1 is 1.32 bits per heavy atom. The quantitative estimate of drug-likeness (QED) is 0.652. The van der Waals surface area contributed by atoms with Gasteiger partial charge >= 0.3 is 0 Å². The van der Waals surface area contributed by atoms with Gasteiger partial charge in [0.15, 0.2) is 9.84 Å². The van der Waals surface area contributed by atoms with Crippen molar-refractivity contribution in [3.8, 4) is 0 Å². The van der Waals surface area contributed by atoms with Crippen LogP contribution in [0.4, 0.5) is 0 Å². The van der Waals surface area contributed by atoms with Crippen molar-refractivity contribution in [2.45, 2.75) is 43.8 Å². The Kier molecular flexibility index (Phi) is 6.12. The second-order valence-corrected chi connectivity index (χ2v) is 9.07. The number of benzene rings is 1. The van der Waals surface area contributed by atoms with Gasteiger partial charge in [-0.1, -0.05) is 26.0 Å². The predicted molar refractivity (Wildman–Crippen MR) is 106 cm³/mol. The highest BCUT2D eigenvalue weighted by Gasteiger charge is 2.24. The van der Waals surface area contributed by atoms with E-state index in [0.717, 1.165) is 17.7 Å². The van der Waals surface area contributed by atoms with E-state index in [-0.39, 0.29) is 29.2 Å². The van der Waals surface area contributed by atoms with E-state index in [2.05, 4.69) is 22.5 Å². The average molecular weight is 404 g/mol. The summed E-state index contributed by atoms with van der Waals surface area (Å²) in [6, 6.07) is 7.62. The number of fused-ring (bicyclic) bond motifs is 1. The maximum absolute atomic E-state index is 12.6. The number of nitrogens with zero attached hydrogens (tertiary/aromatic N) is 1. The third-order valence-electron chi connectivity index (χ3n) is 5.05. The van der Waals surface area contributed by atoms with Crippen LogP contribution in [0.2, 0.25) is 0 Å². The number of pyridine rings is 1. The fraction of sp³-hybridized carbons (Fsp3) is 0.400. The summed E-state index contributed by atoms with van der Waals surface area (Å²) in [5.74, 6) is -0.314. The van der Waals surface area contributed by atoms with Crippen LogP contribution in [-0.2, 0) is 16.4 Å². The van der Waals surface area contributed by atoms with Crippen LogP contribution in [0.15, 0.2) is 41.4 Å². The molecule has 3 N–H and O–H groups in total. The number of hydrogen-bond acceptors (Lipinski definition) is 6. The summed E-state index contributed by atoms with van der Waals surface area (Å²) in [4.78, 5) is 17.3. The van der Waals surface area contributed by atoms with Crippen LogP contribution in [0.5, 0.6) is 0 Å². The zero-order valence-electron chi connectivity index (χ0n) is 16.0. The lowest BCUT2D eigenvalue weighted by Gasteiger charge is -2.17. The van der Waals surface area contributed by atoms with Gasteiger partial charge in [-0.25, -0.2) is 8.42 Å². The Bertz CT molecular complexity index is 958. The number of carbonyl (C=O) groups excluding carboxylic acids is 1. The molecule has 8 heteroatoms. The summed E-state index contributed by atoms with van der Waals surface area (Å²) in [6.45, 7) is 4.04. The molecule has 1 unspecified atom stereocenters. The van der Waals surface area contributed by atoms with Crippen molar-refractivity contribution in [3.63, 3.8) is 0 Å². The maximum Gasteiger partial charge on any atom is 0.253 e. The van der Waals surface area contributed by atoms with Crippen LogP contribution in [-0.4, -0.2) is 36.8 Å². The van der Waals surface area contributed by atoms with Crippen LogP contribution >= 0.6 is 0 Å². The smallest absolute Gasteiger partial charge is 0.253 e. The highest BCUT2D eigenvalue weighted by atomic mass is 32.2. The molecule has 1 aromatic carbocycles. The Balaban J connectivity index is 1.75. The number of rotatable bonds is 7. The molecule has 0 aliphatic carbocycles. The van der Waals surface area contributed by atoms with Gasteiger partial charge < -0.3 is 15.7 Å². The van der Waals surface area contributed by atoms with Gasteiger partial charge in [0.25, 0.3) is 5.91 Å². The van der Waals surface area contributed by atoms with Crippen LogP contribution in [0.25, 0.3) is 0 Å². The number of aromatic nitrogens is 1. The molecule has 0 saturated heterocycles. The molecular weight excluding hydrogens is 378 g/mol. The Morgan fingerprint density at radius 3 is 2.64 bits per heavy atom. The van der Waals surface area contributed by atoms with E-state index >= 15 is 0 Å². The van der Waals surface area contributed by atoms with E-state index in [1.54, 1.807) is 25.3 Å². The zero-order chi connectivity index (χ0) is 20.3. The molecule has 0 saturated carbocycles.